The number of pyridine rings is 1. The van der Waals surface area contributed by atoms with E-state index in [1.54, 1.807) is 24.3 Å². The molecule has 4 aromatic rings. The third-order valence-corrected chi connectivity index (χ3v) is 9.21. The molecule has 51 heavy (non-hydrogen) atoms. The van der Waals surface area contributed by atoms with Crippen LogP contribution in [0.15, 0.2) is 72.8 Å². The normalized spacial score (nSPS) is 15.2. The largest absolute Gasteiger partial charge is 0.493 e. The van der Waals surface area contributed by atoms with Crippen LogP contribution in [0, 0.1) is 24.0 Å². The molecule has 0 spiro atoms. The number of carbonyl (C=O) groups excluding carboxylic acids is 1. The van der Waals surface area contributed by atoms with Crippen LogP contribution < -0.4 is 9.64 Å². The molecule has 2 heterocycles. The van der Waals surface area contributed by atoms with E-state index in [1.807, 2.05) is 65.8 Å². The Balaban J connectivity index is 1.65. The van der Waals surface area contributed by atoms with Gasteiger partial charge in [0.05, 0.1) is 29.7 Å². The first-order valence-electron chi connectivity index (χ1n) is 18.0. The molecule has 8 heteroatoms. The van der Waals surface area contributed by atoms with Gasteiger partial charge in [-0.3, -0.25) is 4.98 Å². The molecule has 1 atom stereocenters. The van der Waals surface area contributed by atoms with Crippen LogP contribution in [0.2, 0.25) is 0 Å². The van der Waals surface area contributed by atoms with Crippen molar-refractivity contribution in [2.45, 2.75) is 98.9 Å². The lowest BCUT2D eigenvalue weighted by Crippen LogP contribution is -2.39. The maximum absolute atomic E-state index is 14.0. The lowest BCUT2D eigenvalue weighted by molar-refractivity contribution is -0.171. The number of hydrogen-bond donors (Lipinski definition) is 0. The van der Waals surface area contributed by atoms with Crippen molar-refractivity contribution in [2.75, 3.05) is 24.6 Å². The third kappa shape index (κ3) is 10.2. The monoisotopic (exact) mass is 698 g/mol. The molecule has 0 saturated carbocycles. The first-order chi connectivity index (χ1) is 24.1. The summed E-state index contributed by atoms with van der Waals surface area (Å²) in [6.07, 6.45) is 1.71. The molecule has 1 saturated heterocycles. The number of carbonyl (C=O) groups is 1. The van der Waals surface area contributed by atoms with Gasteiger partial charge in [0, 0.05) is 42.8 Å². The fraction of sp³-hybridized carbons (Fsp3) is 0.442. The quantitative estimate of drug-likeness (QED) is 0.137. The zero-order chi connectivity index (χ0) is 36.9. The van der Waals surface area contributed by atoms with Gasteiger partial charge in [-0.15, -0.1) is 0 Å². The van der Waals surface area contributed by atoms with Crippen molar-refractivity contribution in [1.29, 1.82) is 0 Å². The van der Waals surface area contributed by atoms with E-state index in [1.165, 1.54) is 24.3 Å². The van der Waals surface area contributed by atoms with E-state index < -0.39 is 17.7 Å². The molecule has 5 rings (SSSR count). The minimum Gasteiger partial charge on any atom is -0.493 e. The first-order valence-corrected chi connectivity index (χ1v) is 18.0. The van der Waals surface area contributed by atoms with Crippen molar-refractivity contribution in [2.24, 2.45) is 5.41 Å². The molecule has 6 nitrogen and oxygen atoms in total. The maximum atomic E-state index is 14.0. The highest BCUT2D eigenvalue weighted by Gasteiger charge is 2.38. The van der Waals surface area contributed by atoms with Crippen LogP contribution >= 0.6 is 0 Å². The summed E-state index contributed by atoms with van der Waals surface area (Å²) in [5.41, 5.74) is 6.37. The molecule has 0 radical (unpaired) electrons. The highest BCUT2D eigenvalue weighted by atomic mass is 19.1. The summed E-state index contributed by atoms with van der Waals surface area (Å²) >= 11 is 0. The van der Waals surface area contributed by atoms with E-state index in [0.717, 1.165) is 59.6 Å². The number of aromatic nitrogens is 1. The summed E-state index contributed by atoms with van der Waals surface area (Å²) in [5.74, 6) is -0.304. The number of benzene rings is 3. The van der Waals surface area contributed by atoms with Crippen LogP contribution in [0.5, 0.6) is 5.75 Å². The second kappa shape index (κ2) is 15.9. The van der Waals surface area contributed by atoms with Crippen molar-refractivity contribution in [3.63, 3.8) is 0 Å². The number of piperidine rings is 1. The standard InChI is InChI=1S/C43H52F2N2O4/c1-28(2)50-41(48)40(51-42(4,5)6)37-29(3)46-36(27-31-11-17-34(45)18-12-31)38(39(37)47-24-22-43(7,8)23-25-47)32-13-19-35(20-14-32)49-26-21-30-9-15-33(44)16-10-30/h9-20,28,40H,21-27H2,1-8H3. The third-order valence-electron chi connectivity index (χ3n) is 9.21. The first kappa shape index (κ1) is 37.9. The van der Waals surface area contributed by atoms with Crippen molar-refractivity contribution < 1.29 is 27.8 Å². The molecule has 1 aromatic heterocycles. The summed E-state index contributed by atoms with van der Waals surface area (Å²) in [7, 11) is 0. The van der Waals surface area contributed by atoms with Crippen molar-refractivity contribution >= 4 is 11.7 Å². The molecular weight excluding hydrogens is 646 g/mol. The molecule has 1 aliphatic heterocycles. The number of ether oxygens (including phenoxy) is 3. The molecule has 1 aliphatic rings. The maximum Gasteiger partial charge on any atom is 0.340 e. The Bertz CT molecular complexity index is 1770. The molecular formula is C43H52F2N2O4. The Morgan fingerprint density at radius 2 is 1.45 bits per heavy atom. The Hall–Kier alpha value is -4.30. The number of esters is 1. The lowest BCUT2D eigenvalue weighted by Gasteiger charge is -2.41. The zero-order valence-electron chi connectivity index (χ0n) is 31.3. The minimum atomic E-state index is -1.02. The van der Waals surface area contributed by atoms with E-state index in [4.69, 9.17) is 19.2 Å². The molecule has 1 fully saturated rings. The van der Waals surface area contributed by atoms with Gasteiger partial charge in [-0.2, -0.15) is 0 Å². The average molecular weight is 699 g/mol. The van der Waals surface area contributed by atoms with Crippen molar-refractivity contribution in [3.05, 3.63) is 113 Å². The van der Waals surface area contributed by atoms with Crippen molar-refractivity contribution in [3.8, 4) is 16.9 Å². The van der Waals surface area contributed by atoms with E-state index >= 15 is 0 Å². The molecule has 0 bridgehead atoms. The van der Waals surface area contributed by atoms with Gasteiger partial charge in [0.1, 0.15) is 17.4 Å². The van der Waals surface area contributed by atoms with Gasteiger partial charge in [0.2, 0.25) is 0 Å². The highest BCUT2D eigenvalue weighted by Crippen LogP contribution is 2.46. The van der Waals surface area contributed by atoms with E-state index in [9.17, 15) is 13.6 Å². The van der Waals surface area contributed by atoms with Gasteiger partial charge in [0.25, 0.3) is 0 Å². The van der Waals surface area contributed by atoms with Crippen LogP contribution in [-0.2, 0) is 27.1 Å². The predicted octanol–water partition coefficient (Wildman–Crippen LogP) is 9.98. The Kier molecular flexibility index (Phi) is 11.9. The van der Waals surface area contributed by atoms with Crippen LogP contribution in [0.1, 0.15) is 95.5 Å². The van der Waals surface area contributed by atoms with Crippen LogP contribution in [0.3, 0.4) is 0 Å². The van der Waals surface area contributed by atoms with E-state index in [-0.39, 0.29) is 23.2 Å². The number of halogens is 2. The average Bonchev–Trinajstić information content (AvgIpc) is 3.05. The van der Waals surface area contributed by atoms with Gasteiger partial charge >= 0.3 is 5.97 Å². The number of aryl methyl sites for hydroxylation is 1. The molecule has 0 aliphatic carbocycles. The lowest BCUT2D eigenvalue weighted by atomic mass is 9.81. The Morgan fingerprint density at radius 1 is 0.882 bits per heavy atom. The second-order valence-corrected chi connectivity index (χ2v) is 15.6. The smallest absolute Gasteiger partial charge is 0.340 e. The highest BCUT2D eigenvalue weighted by molar-refractivity contribution is 5.89. The van der Waals surface area contributed by atoms with E-state index in [0.29, 0.717) is 36.5 Å². The fourth-order valence-corrected chi connectivity index (χ4v) is 6.49. The minimum absolute atomic E-state index is 0.181. The number of rotatable bonds is 12. The van der Waals surface area contributed by atoms with Gasteiger partial charge < -0.3 is 19.1 Å². The summed E-state index contributed by atoms with van der Waals surface area (Å²) in [5, 5.41) is 0. The molecule has 1 unspecified atom stereocenters. The van der Waals surface area contributed by atoms with Crippen molar-refractivity contribution in [1.82, 2.24) is 4.98 Å². The van der Waals surface area contributed by atoms with Crippen LogP contribution in [-0.4, -0.2) is 42.4 Å². The van der Waals surface area contributed by atoms with Gasteiger partial charge in [-0.1, -0.05) is 50.2 Å². The molecule has 0 N–H and O–H groups in total. The Labute approximate surface area is 302 Å². The predicted molar refractivity (Wildman–Crippen MR) is 199 cm³/mol. The van der Waals surface area contributed by atoms with Gasteiger partial charge in [0.15, 0.2) is 6.10 Å². The Morgan fingerprint density at radius 3 is 2.00 bits per heavy atom. The zero-order valence-corrected chi connectivity index (χ0v) is 31.3. The SMILES string of the molecule is Cc1nc(Cc2ccc(F)cc2)c(-c2ccc(OCCc3ccc(F)cc3)cc2)c(N2CCC(C)(C)CC2)c1C(OC(C)(C)C)C(=O)OC(C)C. The van der Waals surface area contributed by atoms with E-state index in [2.05, 4.69) is 18.7 Å². The summed E-state index contributed by atoms with van der Waals surface area (Å²) in [6, 6.07) is 20.9. The molecule has 0 amide bonds. The summed E-state index contributed by atoms with van der Waals surface area (Å²) in [4.78, 5) is 21.6. The second-order valence-electron chi connectivity index (χ2n) is 15.6. The van der Waals surface area contributed by atoms with Crippen LogP contribution in [0.4, 0.5) is 14.5 Å². The molecule has 3 aromatic carbocycles. The van der Waals surface area contributed by atoms with Gasteiger partial charge in [-0.05, 0) is 113 Å². The van der Waals surface area contributed by atoms with Crippen LogP contribution in [0.25, 0.3) is 11.1 Å². The fourth-order valence-electron chi connectivity index (χ4n) is 6.49. The van der Waals surface area contributed by atoms with Gasteiger partial charge in [-0.25, -0.2) is 13.6 Å². The topological polar surface area (TPSA) is 60.9 Å². The molecule has 272 valence electrons. The summed E-state index contributed by atoms with van der Waals surface area (Å²) < 4.78 is 45.9. The number of nitrogens with zero attached hydrogens (tertiary/aromatic N) is 2. The summed E-state index contributed by atoms with van der Waals surface area (Å²) in [6.45, 7) is 18.0. The number of hydrogen-bond acceptors (Lipinski definition) is 6. The number of anilines is 1.